The van der Waals surface area contributed by atoms with E-state index in [1.54, 1.807) is 12.1 Å². The SMILES string of the molecule is Cc1cc(=O)oc2cc(OCc3cccc(NC(=O)OCc4cccc5ccccc45)c3)ccc12. The topological polar surface area (TPSA) is 77.8 Å². The van der Waals surface area contributed by atoms with Crippen LogP contribution in [0.4, 0.5) is 10.5 Å². The van der Waals surface area contributed by atoms with Crippen molar-refractivity contribution in [3.63, 3.8) is 0 Å². The number of fused-ring (bicyclic) bond motifs is 2. The summed E-state index contributed by atoms with van der Waals surface area (Å²) in [6.45, 7) is 2.32. The van der Waals surface area contributed by atoms with Crippen molar-refractivity contribution in [1.82, 2.24) is 0 Å². The van der Waals surface area contributed by atoms with Crippen molar-refractivity contribution < 1.29 is 18.7 Å². The second-order valence-corrected chi connectivity index (χ2v) is 8.23. The van der Waals surface area contributed by atoms with Crippen LogP contribution in [0, 0.1) is 6.92 Å². The first kappa shape index (κ1) is 22.2. The molecule has 0 radical (unpaired) electrons. The summed E-state index contributed by atoms with van der Waals surface area (Å²) in [4.78, 5) is 24.0. The molecule has 1 heterocycles. The Morgan fingerprint density at radius 2 is 1.69 bits per heavy atom. The highest BCUT2D eigenvalue weighted by Gasteiger charge is 2.08. The third kappa shape index (κ3) is 5.17. The van der Waals surface area contributed by atoms with Gasteiger partial charge >= 0.3 is 11.7 Å². The fourth-order valence-electron chi connectivity index (χ4n) is 4.02. The van der Waals surface area contributed by atoms with Gasteiger partial charge in [0.1, 0.15) is 24.5 Å². The second-order valence-electron chi connectivity index (χ2n) is 8.23. The molecule has 6 nitrogen and oxygen atoms in total. The van der Waals surface area contributed by atoms with Crippen molar-refractivity contribution in [2.24, 2.45) is 0 Å². The van der Waals surface area contributed by atoms with Gasteiger partial charge in [0, 0.05) is 23.2 Å². The smallest absolute Gasteiger partial charge is 0.411 e. The van der Waals surface area contributed by atoms with E-state index in [0.29, 0.717) is 17.0 Å². The number of hydrogen-bond acceptors (Lipinski definition) is 5. The van der Waals surface area contributed by atoms with E-state index in [-0.39, 0.29) is 13.2 Å². The Bertz CT molecular complexity index is 1580. The lowest BCUT2D eigenvalue weighted by molar-refractivity contribution is 0.155. The van der Waals surface area contributed by atoms with Crippen LogP contribution in [0.3, 0.4) is 0 Å². The van der Waals surface area contributed by atoms with E-state index in [9.17, 15) is 9.59 Å². The van der Waals surface area contributed by atoms with Crippen LogP contribution in [0.1, 0.15) is 16.7 Å². The molecule has 0 aliphatic carbocycles. The van der Waals surface area contributed by atoms with Crippen LogP contribution < -0.4 is 15.7 Å². The summed E-state index contributed by atoms with van der Waals surface area (Å²) in [5.74, 6) is 0.583. The molecule has 174 valence electrons. The quantitative estimate of drug-likeness (QED) is 0.287. The number of rotatable bonds is 6. The maximum atomic E-state index is 12.4. The predicted molar refractivity (Wildman–Crippen MR) is 136 cm³/mol. The minimum Gasteiger partial charge on any atom is -0.489 e. The highest BCUT2D eigenvalue weighted by atomic mass is 16.5. The van der Waals surface area contributed by atoms with Crippen LogP contribution >= 0.6 is 0 Å². The summed E-state index contributed by atoms with van der Waals surface area (Å²) in [5, 5.41) is 5.80. The lowest BCUT2D eigenvalue weighted by atomic mass is 10.1. The van der Waals surface area contributed by atoms with E-state index in [1.807, 2.05) is 79.7 Å². The Morgan fingerprint density at radius 3 is 2.60 bits per heavy atom. The van der Waals surface area contributed by atoms with Gasteiger partial charge in [0.15, 0.2) is 0 Å². The Balaban J connectivity index is 1.21. The van der Waals surface area contributed by atoms with Gasteiger partial charge in [-0.2, -0.15) is 0 Å². The molecule has 6 heteroatoms. The van der Waals surface area contributed by atoms with Crippen molar-refractivity contribution in [3.8, 4) is 5.75 Å². The Morgan fingerprint density at radius 1 is 0.857 bits per heavy atom. The first-order valence-electron chi connectivity index (χ1n) is 11.2. The summed E-state index contributed by atoms with van der Waals surface area (Å²) in [5.41, 5.74) is 3.36. The van der Waals surface area contributed by atoms with Crippen molar-refractivity contribution in [2.75, 3.05) is 5.32 Å². The number of carbonyl (C=O) groups excluding carboxylic acids is 1. The molecule has 0 aliphatic heterocycles. The fraction of sp³-hybridized carbons (Fsp3) is 0.103. The molecule has 0 fully saturated rings. The van der Waals surface area contributed by atoms with Crippen LogP contribution in [-0.2, 0) is 18.0 Å². The number of hydrogen-bond donors (Lipinski definition) is 1. The number of amides is 1. The first-order chi connectivity index (χ1) is 17.0. The van der Waals surface area contributed by atoms with E-state index < -0.39 is 11.7 Å². The number of benzene rings is 4. The van der Waals surface area contributed by atoms with Crippen molar-refractivity contribution in [2.45, 2.75) is 20.1 Å². The fourth-order valence-corrected chi connectivity index (χ4v) is 4.02. The van der Waals surface area contributed by atoms with Crippen LogP contribution in [0.2, 0.25) is 0 Å². The molecule has 0 bridgehead atoms. The molecule has 0 saturated carbocycles. The van der Waals surface area contributed by atoms with Gasteiger partial charge < -0.3 is 13.9 Å². The number of anilines is 1. The number of nitrogens with one attached hydrogen (secondary N) is 1. The molecule has 5 rings (SSSR count). The van der Waals surface area contributed by atoms with Gasteiger partial charge in [-0.05, 0) is 58.7 Å². The maximum Gasteiger partial charge on any atom is 0.411 e. The van der Waals surface area contributed by atoms with Crippen LogP contribution in [0.25, 0.3) is 21.7 Å². The second kappa shape index (κ2) is 9.73. The summed E-state index contributed by atoms with van der Waals surface area (Å²) in [6.07, 6.45) is -0.532. The minimum atomic E-state index is -0.532. The lowest BCUT2D eigenvalue weighted by Gasteiger charge is -2.11. The molecule has 1 aromatic heterocycles. The molecular weight excluding hydrogens is 442 g/mol. The Hall–Kier alpha value is -4.58. The van der Waals surface area contributed by atoms with E-state index in [1.165, 1.54) is 6.07 Å². The third-order valence-electron chi connectivity index (χ3n) is 5.74. The Labute approximate surface area is 201 Å². The Kier molecular flexibility index (Phi) is 6.18. The molecular formula is C29H23NO5. The molecule has 4 aromatic carbocycles. The average Bonchev–Trinajstić information content (AvgIpc) is 2.86. The predicted octanol–water partition coefficient (Wildman–Crippen LogP) is 6.58. The van der Waals surface area contributed by atoms with Gasteiger partial charge in [-0.3, -0.25) is 5.32 Å². The van der Waals surface area contributed by atoms with Gasteiger partial charge in [-0.25, -0.2) is 9.59 Å². The zero-order valence-corrected chi connectivity index (χ0v) is 19.1. The van der Waals surface area contributed by atoms with Crippen molar-refractivity contribution in [1.29, 1.82) is 0 Å². The van der Waals surface area contributed by atoms with Gasteiger partial charge in [0.2, 0.25) is 0 Å². The zero-order chi connectivity index (χ0) is 24.2. The molecule has 1 N–H and O–H groups in total. The first-order valence-corrected chi connectivity index (χ1v) is 11.2. The molecule has 0 spiro atoms. The molecule has 1 amide bonds. The normalized spacial score (nSPS) is 10.9. The van der Waals surface area contributed by atoms with Crippen LogP contribution in [0.15, 0.2) is 100 Å². The van der Waals surface area contributed by atoms with Gasteiger partial charge in [0.25, 0.3) is 0 Å². The minimum absolute atomic E-state index is 0.174. The van der Waals surface area contributed by atoms with Gasteiger partial charge in [-0.1, -0.05) is 54.6 Å². The number of carbonyl (C=O) groups is 1. The summed E-state index contributed by atoms with van der Waals surface area (Å²) in [7, 11) is 0. The van der Waals surface area contributed by atoms with E-state index in [2.05, 4.69) is 5.32 Å². The van der Waals surface area contributed by atoms with E-state index in [4.69, 9.17) is 13.9 Å². The van der Waals surface area contributed by atoms with E-state index >= 15 is 0 Å². The van der Waals surface area contributed by atoms with Gasteiger partial charge in [0.05, 0.1) is 0 Å². The summed E-state index contributed by atoms with van der Waals surface area (Å²) < 4.78 is 16.6. The summed E-state index contributed by atoms with van der Waals surface area (Å²) in [6, 6.07) is 28.1. The highest BCUT2D eigenvalue weighted by molar-refractivity contribution is 5.87. The zero-order valence-electron chi connectivity index (χ0n) is 19.1. The molecule has 0 unspecified atom stereocenters. The average molecular weight is 466 g/mol. The largest absolute Gasteiger partial charge is 0.489 e. The maximum absolute atomic E-state index is 12.4. The number of aryl methyl sites for hydroxylation is 1. The van der Waals surface area contributed by atoms with Crippen molar-refractivity contribution in [3.05, 3.63) is 118 Å². The molecule has 5 aromatic rings. The van der Waals surface area contributed by atoms with Crippen LogP contribution in [0.5, 0.6) is 5.75 Å². The van der Waals surface area contributed by atoms with Gasteiger partial charge in [-0.15, -0.1) is 0 Å². The molecule has 0 aliphatic rings. The number of ether oxygens (including phenoxy) is 2. The lowest BCUT2D eigenvalue weighted by Crippen LogP contribution is -2.13. The van der Waals surface area contributed by atoms with E-state index in [0.717, 1.165) is 32.8 Å². The monoisotopic (exact) mass is 465 g/mol. The highest BCUT2D eigenvalue weighted by Crippen LogP contribution is 2.24. The van der Waals surface area contributed by atoms with Crippen molar-refractivity contribution >= 4 is 33.5 Å². The standard InChI is InChI=1S/C29H23NO5/c1-19-14-28(31)35-27-16-24(12-13-25(19)27)33-17-20-6-4-10-23(15-20)30-29(32)34-18-22-9-5-8-21-7-2-3-11-26(21)22/h2-16H,17-18H2,1H3,(H,30,32). The third-order valence-corrected chi connectivity index (χ3v) is 5.74. The van der Waals surface area contributed by atoms with Crippen LogP contribution in [-0.4, -0.2) is 6.09 Å². The molecule has 0 atom stereocenters. The summed E-state index contributed by atoms with van der Waals surface area (Å²) >= 11 is 0. The molecule has 0 saturated heterocycles. The molecule has 35 heavy (non-hydrogen) atoms.